The zero-order chi connectivity index (χ0) is 14.9. The second kappa shape index (κ2) is 5.68. The number of carboxylic acid groups (broad SMARTS) is 1. The first-order chi connectivity index (χ1) is 9.40. The molecule has 0 saturated heterocycles. The van der Waals surface area contributed by atoms with Crippen LogP contribution in [0.3, 0.4) is 0 Å². The number of aromatic nitrogens is 1. The number of carbonyl (C=O) groups excluding carboxylic acids is 1. The lowest BCUT2D eigenvalue weighted by atomic mass is 10.2. The van der Waals surface area contributed by atoms with E-state index in [1.807, 2.05) is 0 Å². The van der Waals surface area contributed by atoms with E-state index in [0.717, 1.165) is 4.47 Å². The molecule has 0 fully saturated rings. The third-order valence-corrected chi connectivity index (χ3v) is 3.52. The van der Waals surface area contributed by atoms with Crippen molar-refractivity contribution < 1.29 is 14.7 Å². The molecule has 2 rings (SSSR count). The molecule has 1 aromatic carbocycles. The van der Waals surface area contributed by atoms with Crippen molar-refractivity contribution in [3.8, 4) is 0 Å². The van der Waals surface area contributed by atoms with E-state index in [1.165, 1.54) is 6.20 Å². The summed E-state index contributed by atoms with van der Waals surface area (Å²) in [5.74, 6) is -1.58. The van der Waals surface area contributed by atoms with E-state index in [2.05, 4.69) is 26.2 Å². The van der Waals surface area contributed by atoms with Gasteiger partial charge in [0.05, 0.1) is 16.3 Å². The molecule has 1 heterocycles. The van der Waals surface area contributed by atoms with Gasteiger partial charge >= 0.3 is 5.97 Å². The Kier molecular flexibility index (Phi) is 4.15. The van der Waals surface area contributed by atoms with Gasteiger partial charge in [-0.25, -0.2) is 4.79 Å². The highest BCUT2D eigenvalue weighted by atomic mass is 79.9. The molecule has 1 amide bonds. The molecule has 20 heavy (non-hydrogen) atoms. The molecule has 5 nitrogen and oxygen atoms in total. The highest BCUT2D eigenvalue weighted by molar-refractivity contribution is 9.10. The first kappa shape index (κ1) is 14.6. The van der Waals surface area contributed by atoms with E-state index >= 15 is 0 Å². The van der Waals surface area contributed by atoms with E-state index in [9.17, 15) is 9.59 Å². The molecule has 0 bridgehead atoms. The molecule has 0 atom stereocenters. The van der Waals surface area contributed by atoms with Gasteiger partial charge < -0.3 is 15.4 Å². The number of aromatic amines is 1. The van der Waals surface area contributed by atoms with Gasteiger partial charge in [0, 0.05) is 16.4 Å². The quantitative estimate of drug-likeness (QED) is 0.783. The number of benzene rings is 1. The summed E-state index contributed by atoms with van der Waals surface area (Å²) in [6.07, 6.45) is 1.43. The van der Waals surface area contributed by atoms with Crippen LogP contribution in [-0.4, -0.2) is 22.0 Å². The molecule has 0 radical (unpaired) electrons. The minimum Gasteiger partial charge on any atom is -0.478 e. The van der Waals surface area contributed by atoms with Gasteiger partial charge in [-0.3, -0.25) is 4.79 Å². The van der Waals surface area contributed by atoms with E-state index < -0.39 is 11.9 Å². The lowest BCUT2D eigenvalue weighted by molar-refractivity contribution is 0.0697. The van der Waals surface area contributed by atoms with Crippen LogP contribution in [0, 0.1) is 6.92 Å². The van der Waals surface area contributed by atoms with Gasteiger partial charge in [0.15, 0.2) is 0 Å². The zero-order valence-electron chi connectivity index (χ0n) is 10.3. The molecule has 0 spiro atoms. The van der Waals surface area contributed by atoms with Crippen molar-refractivity contribution >= 4 is 45.1 Å². The van der Waals surface area contributed by atoms with E-state index in [0.29, 0.717) is 5.69 Å². The number of aromatic carboxylic acids is 1. The maximum Gasteiger partial charge on any atom is 0.339 e. The Morgan fingerprint density at radius 1 is 1.40 bits per heavy atom. The molecule has 0 aliphatic heterocycles. The summed E-state index contributed by atoms with van der Waals surface area (Å²) >= 11 is 9.23. The molecular weight excluding hydrogens is 348 g/mol. The highest BCUT2D eigenvalue weighted by Gasteiger charge is 2.18. The Labute approximate surface area is 128 Å². The maximum absolute atomic E-state index is 12.1. The Morgan fingerprint density at radius 3 is 2.70 bits per heavy atom. The van der Waals surface area contributed by atoms with E-state index in [1.54, 1.807) is 25.1 Å². The number of carboxylic acids is 1. The Morgan fingerprint density at radius 2 is 2.10 bits per heavy atom. The van der Waals surface area contributed by atoms with Crippen LogP contribution in [-0.2, 0) is 0 Å². The van der Waals surface area contributed by atoms with Crippen LogP contribution in [0.15, 0.2) is 28.9 Å². The molecule has 0 aliphatic carbocycles. The number of hydrogen-bond donors (Lipinski definition) is 3. The Hall–Kier alpha value is -1.79. The van der Waals surface area contributed by atoms with Crippen molar-refractivity contribution in [3.05, 3.63) is 50.7 Å². The zero-order valence-corrected chi connectivity index (χ0v) is 12.7. The molecule has 2 aromatic rings. The summed E-state index contributed by atoms with van der Waals surface area (Å²) in [7, 11) is 0. The van der Waals surface area contributed by atoms with Gasteiger partial charge in [-0.15, -0.1) is 0 Å². The summed E-state index contributed by atoms with van der Waals surface area (Å²) in [4.78, 5) is 26.0. The number of nitrogens with one attached hydrogen (secondary N) is 2. The van der Waals surface area contributed by atoms with E-state index in [-0.39, 0.29) is 21.8 Å². The number of amides is 1. The third-order valence-electron chi connectivity index (χ3n) is 2.72. The van der Waals surface area contributed by atoms with Crippen molar-refractivity contribution in [1.29, 1.82) is 0 Å². The van der Waals surface area contributed by atoms with Crippen molar-refractivity contribution in [2.75, 3.05) is 5.32 Å². The van der Waals surface area contributed by atoms with Crippen LogP contribution < -0.4 is 5.32 Å². The summed E-state index contributed by atoms with van der Waals surface area (Å²) in [6.45, 7) is 1.62. The number of halogens is 2. The fourth-order valence-corrected chi connectivity index (χ4v) is 2.52. The molecule has 104 valence electrons. The van der Waals surface area contributed by atoms with E-state index in [4.69, 9.17) is 16.7 Å². The fraction of sp³-hybridized carbons (Fsp3) is 0.0769. The van der Waals surface area contributed by atoms with Gasteiger partial charge in [-0.2, -0.15) is 0 Å². The average molecular weight is 358 g/mol. The molecule has 1 aromatic heterocycles. The molecular formula is C13H10BrClN2O3. The average Bonchev–Trinajstić information content (AvgIpc) is 2.70. The molecule has 3 N–H and O–H groups in total. The van der Waals surface area contributed by atoms with Gasteiger partial charge in [0.2, 0.25) is 0 Å². The second-order valence-corrected chi connectivity index (χ2v) is 5.41. The standard InChI is InChI=1S/C13H10BrClN2O3/c1-6-11(13(19)20)10(5-16-6)17-12(18)8-3-2-7(14)4-9(8)15/h2-5,16H,1H3,(H,17,18)(H,19,20). The van der Waals surface area contributed by atoms with Crippen molar-refractivity contribution in [2.24, 2.45) is 0 Å². The minimum atomic E-state index is -1.11. The third kappa shape index (κ3) is 2.86. The lowest BCUT2D eigenvalue weighted by Crippen LogP contribution is -2.14. The summed E-state index contributed by atoms with van der Waals surface area (Å²) < 4.78 is 0.753. The van der Waals surface area contributed by atoms with Gasteiger partial charge in [-0.05, 0) is 25.1 Å². The van der Waals surface area contributed by atoms with Crippen LogP contribution in [0.4, 0.5) is 5.69 Å². The number of H-pyrrole nitrogens is 1. The fourth-order valence-electron chi connectivity index (χ4n) is 1.76. The number of hydrogen-bond acceptors (Lipinski definition) is 2. The predicted molar refractivity (Wildman–Crippen MR) is 79.6 cm³/mol. The second-order valence-electron chi connectivity index (χ2n) is 4.09. The van der Waals surface area contributed by atoms with Gasteiger partial charge in [-0.1, -0.05) is 27.5 Å². The van der Waals surface area contributed by atoms with Crippen LogP contribution in [0.25, 0.3) is 0 Å². The lowest BCUT2D eigenvalue weighted by Gasteiger charge is -2.07. The number of anilines is 1. The summed E-state index contributed by atoms with van der Waals surface area (Å²) in [6, 6.07) is 4.83. The van der Waals surface area contributed by atoms with Crippen molar-refractivity contribution in [3.63, 3.8) is 0 Å². The van der Waals surface area contributed by atoms with Crippen molar-refractivity contribution in [1.82, 2.24) is 4.98 Å². The number of aryl methyl sites for hydroxylation is 1. The largest absolute Gasteiger partial charge is 0.478 e. The number of carbonyl (C=O) groups is 2. The van der Waals surface area contributed by atoms with Gasteiger partial charge in [0.1, 0.15) is 5.56 Å². The Balaban J connectivity index is 2.31. The Bertz CT molecular complexity index is 697. The molecule has 7 heteroatoms. The smallest absolute Gasteiger partial charge is 0.339 e. The molecule has 0 aliphatic rings. The van der Waals surface area contributed by atoms with Crippen LogP contribution in [0.1, 0.15) is 26.4 Å². The maximum atomic E-state index is 12.1. The minimum absolute atomic E-state index is 0.0339. The summed E-state index contributed by atoms with van der Waals surface area (Å²) in [5, 5.41) is 11.9. The van der Waals surface area contributed by atoms with Crippen LogP contribution >= 0.6 is 27.5 Å². The first-order valence-corrected chi connectivity index (χ1v) is 6.75. The SMILES string of the molecule is Cc1[nH]cc(NC(=O)c2ccc(Br)cc2Cl)c1C(=O)O. The number of rotatable bonds is 3. The van der Waals surface area contributed by atoms with Crippen LogP contribution in [0.5, 0.6) is 0 Å². The topological polar surface area (TPSA) is 82.2 Å². The van der Waals surface area contributed by atoms with Gasteiger partial charge in [0.25, 0.3) is 5.91 Å². The summed E-state index contributed by atoms with van der Waals surface area (Å²) in [5.41, 5.74) is 0.977. The highest BCUT2D eigenvalue weighted by Crippen LogP contribution is 2.24. The van der Waals surface area contributed by atoms with Crippen molar-refractivity contribution in [2.45, 2.75) is 6.92 Å². The predicted octanol–water partition coefficient (Wildman–Crippen LogP) is 3.69. The normalized spacial score (nSPS) is 10.3. The molecule has 0 unspecified atom stereocenters. The first-order valence-electron chi connectivity index (χ1n) is 5.58. The monoisotopic (exact) mass is 356 g/mol. The van der Waals surface area contributed by atoms with Crippen LogP contribution in [0.2, 0.25) is 5.02 Å². The molecule has 0 saturated carbocycles.